The Morgan fingerprint density at radius 3 is 2.74 bits per heavy atom. The van der Waals surface area contributed by atoms with Crippen LogP contribution in [0.2, 0.25) is 0 Å². The highest BCUT2D eigenvalue weighted by atomic mass is 16.2. The van der Waals surface area contributed by atoms with Crippen molar-refractivity contribution in [2.24, 2.45) is 11.8 Å². The molecule has 0 aromatic carbocycles. The normalized spacial score (nSPS) is 17.1. The molecule has 2 heterocycles. The lowest BCUT2D eigenvalue weighted by Gasteiger charge is -2.26. The van der Waals surface area contributed by atoms with Crippen molar-refractivity contribution < 1.29 is 9.59 Å². The Kier molecular flexibility index (Phi) is 5.57. The van der Waals surface area contributed by atoms with E-state index in [1.807, 2.05) is 13.8 Å². The maximum atomic E-state index is 12.0. The van der Waals surface area contributed by atoms with Crippen LogP contribution in [0.5, 0.6) is 0 Å². The first-order chi connectivity index (χ1) is 10.9. The minimum atomic E-state index is -0.347. The number of amides is 3. The molecule has 0 aliphatic carbocycles. The lowest BCUT2D eigenvalue weighted by molar-refractivity contribution is -0.127. The van der Waals surface area contributed by atoms with Crippen LogP contribution in [0.25, 0.3) is 0 Å². The van der Waals surface area contributed by atoms with Crippen LogP contribution in [0.4, 0.5) is 4.79 Å². The molecule has 1 unspecified atom stereocenters. The molecule has 8 heteroatoms. The van der Waals surface area contributed by atoms with Crippen molar-refractivity contribution in [2.45, 2.75) is 53.2 Å². The first-order valence-electron chi connectivity index (χ1n) is 8.12. The molecule has 1 aromatic heterocycles. The van der Waals surface area contributed by atoms with E-state index in [0.29, 0.717) is 31.2 Å². The van der Waals surface area contributed by atoms with Gasteiger partial charge in [-0.1, -0.05) is 32.9 Å². The fourth-order valence-electron chi connectivity index (χ4n) is 2.56. The summed E-state index contributed by atoms with van der Waals surface area (Å²) in [6.07, 6.45) is 0.941. The Labute approximate surface area is 136 Å². The SMILES string of the molecule is CC(C)CCNC(=O)NCc1nnn2c1CNC(=O)C2C(C)C. The minimum absolute atomic E-state index is 0.0386. The van der Waals surface area contributed by atoms with Crippen molar-refractivity contribution in [1.82, 2.24) is 30.9 Å². The van der Waals surface area contributed by atoms with E-state index in [1.54, 1.807) is 4.68 Å². The maximum Gasteiger partial charge on any atom is 0.315 e. The molecule has 1 aliphatic rings. The number of urea groups is 1. The van der Waals surface area contributed by atoms with Crippen LogP contribution in [0.15, 0.2) is 0 Å². The molecular weight excluding hydrogens is 296 g/mol. The van der Waals surface area contributed by atoms with E-state index in [0.717, 1.165) is 12.1 Å². The van der Waals surface area contributed by atoms with E-state index in [1.165, 1.54) is 0 Å². The first-order valence-corrected chi connectivity index (χ1v) is 8.12. The van der Waals surface area contributed by atoms with Gasteiger partial charge in [-0.25, -0.2) is 9.48 Å². The third kappa shape index (κ3) is 4.20. The van der Waals surface area contributed by atoms with Crippen molar-refractivity contribution >= 4 is 11.9 Å². The molecule has 0 bridgehead atoms. The summed E-state index contributed by atoms with van der Waals surface area (Å²) in [5.41, 5.74) is 1.54. The van der Waals surface area contributed by atoms with Crippen molar-refractivity contribution in [3.8, 4) is 0 Å². The summed E-state index contributed by atoms with van der Waals surface area (Å²) in [6, 6.07) is -0.562. The first kappa shape index (κ1) is 17.2. The predicted molar refractivity (Wildman–Crippen MR) is 85.4 cm³/mol. The lowest BCUT2D eigenvalue weighted by Crippen LogP contribution is -2.42. The van der Waals surface area contributed by atoms with Gasteiger partial charge in [0.25, 0.3) is 0 Å². The van der Waals surface area contributed by atoms with Crippen LogP contribution in [0.1, 0.15) is 51.5 Å². The fourth-order valence-corrected chi connectivity index (χ4v) is 2.56. The summed E-state index contributed by atoms with van der Waals surface area (Å²) < 4.78 is 1.68. The van der Waals surface area contributed by atoms with Crippen molar-refractivity contribution in [3.63, 3.8) is 0 Å². The molecule has 0 fully saturated rings. The lowest BCUT2D eigenvalue weighted by atomic mass is 10.0. The molecule has 0 spiro atoms. The van der Waals surface area contributed by atoms with Gasteiger partial charge in [-0.15, -0.1) is 5.10 Å². The van der Waals surface area contributed by atoms with E-state index in [2.05, 4.69) is 40.1 Å². The van der Waals surface area contributed by atoms with Gasteiger partial charge in [0.05, 0.1) is 18.8 Å². The van der Waals surface area contributed by atoms with Crippen molar-refractivity contribution in [2.75, 3.05) is 6.54 Å². The van der Waals surface area contributed by atoms with Gasteiger partial charge in [-0.2, -0.15) is 0 Å². The van der Waals surface area contributed by atoms with Gasteiger partial charge in [-0.3, -0.25) is 4.79 Å². The molecule has 1 atom stereocenters. The highest BCUT2D eigenvalue weighted by Gasteiger charge is 2.32. The summed E-state index contributed by atoms with van der Waals surface area (Å²) in [5, 5.41) is 16.7. The molecule has 128 valence electrons. The summed E-state index contributed by atoms with van der Waals surface area (Å²) in [5.74, 6) is 0.635. The Morgan fingerprint density at radius 2 is 2.09 bits per heavy atom. The van der Waals surface area contributed by atoms with Crippen molar-refractivity contribution in [3.05, 3.63) is 11.4 Å². The zero-order valence-corrected chi connectivity index (χ0v) is 14.2. The molecule has 0 saturated heterocycles. The van der Waals surface area contributed by atoms with E-state index >= 15 is 0 Å². The fraction of sp³-hybridized carbons (Fsp3) is 0.733. The van der Waals surface area contributed by atoms with Crippen LogP contribution in [0.3, 0.4) is 0 Å². The Balaban J connectivity index is 1.94. The predicted octanol–water partition coefficient (Wildman–Crippen LogP) is 0.950. The average Bonchev–Trinajstić information content (AvgIpc) is 2.87. The second-order valence-corrected chi connectivity index (χ2v) is 6.63. The number of nitrogens with one attached hydrogen (secondary N) is 3. The van der Waals surface area contributed by atoms with E-state index < -0.39 is 0 Å². The number of hydrogen-bond donors (Lipinski definition) is 3. The number of rotatable bonds is 6. The number of carbonyl (C=O) groups excluding carboxylic acids is 2. The van der Waals surface area contributed by atoms with Crippen LogP contribution in [-0.4, -0.2) is 33.5 Å². The van der Waals surface area contributed by atoms with Gasteiger partial charge < -0.3 is 16.0 Å². The van der Waals surface area contributed by atoms with Gasteiger partial charge in [-0.05, 0) is 18.3 Å². The summed E-state index contributed by atoms with van der Waals surface area (Å²) in [6.45, 7) is 9.51. The van der Waals surface area contributed by atoms with E-state index in [4.69, 9.17) is 0 Å². The highest BCUT2D eigenvalue weighted by Crippen LogP contribution is 2.23. The van der Waals surface area contributed by atoms with Crippen LogP contribution in [-0.2, 0) is 17.9 Å². The Hall–Kier alpha value is -2.12. The number of aromatic nitrogens is 3. The Morgan fingerprint density at radius 1 is 1.35 bits per heavy atom. The molecule has 23 heavy (non-hydrogen) atoms. The zero-order chi connectivity index (χ0) is 17.0. The molecule has 2 rings (SSSR count). The smallest absolute Gasteiger partial charge is 0.315 e. The zero-order valence-electron chi connectivity index (χ0n) is 14.2. The third-order valence-electron chi connectivity index (χ3n) is 3.89. The van der Waals surface area contributed by atoms with Gasteiger partial charge in [0, 0.05) is 6.54 Å². The molecule has 3 amide bonds. The monoisotopic (exact) mass is 322 g/mol. The summed E-state index contributed by atoms with van der Waals surface area (Å²) >= 11 is 0. The molecule has 8 nitrogen and oxygen atoms in total. The van der Waals surface area contributed by atoms with E-state index in [9.17, 15) is 9.59 Å². The number of carbonyl (C=O) groups is 2. The van der Waals surface area contributed by atoms with Crippen LogP contribution < -0.4 is 16.0 Å². The van der Waals surface area contributed by atoms with Gasteiger partial charge in [0.1, 0.15) is 11.7 Å². The molecule has 0 saturated carbocycles. The molecule has 0 radical (unpaired) electrons. The number of nitrogens with zero attached hydrogens (tertiary/aromatic N) is 3. The standard InChI is InChI=1S/C15H26N6O2/c1-9(2)5-6-16-15(23)18-7-11-12-8-17-14(22)13(10(3)4)21(12)20-19-11/h9-10,13H,5-8H2,1-4H3,(H,17,22)(H2,16,18,23). The quantitative estimate of drug-likeness (QED) is 0.726. The van der Waals surface area contributed by atoms with Crippen molar-refractivity contribution in [1.29, 1.82) is 0 Å². The number of fused-ring (bicyclic) bond motifs is 1. The molecular formula is C15H26N6O2. The van der Waals surface area contributed by atoms with Crippen LogP contribution >= 0.6 is 0 Å². The minimum Gasteiger partial charge on any atom is -0.349 e. The van der Waals surface area contributed by atoms with Crippen LogP contribution in [0, 0.1) is 11.8 Å². The topological polar surface area (TPSA) is 101 Å². The summed E-state index contributed by atoms with van der Waals surface area (Å²) in [7, 11) is 0. The van der Waals surface area contributed by atoms with E-state index in [-0.39, 0.29) is 23.9 Å². The third-order valence-corrected chi connectivity index (χ3v) is 3.89. The highest BCUT2D eigenvalue weighted by molar-refractivity contribution is 5.81. The van der Waals surface area contributed by atoms with Gasteiger partial charge >= 0.3 is 6.03 Å². The second-order valence-electron chi connectivity index (χ2n) is 6.63. The second kappa shape index (κ2) is 7.43. The Bertz CT molecular complexity index is 566. The number of hydrogen-bond acceptors (Lipinski definition) is 4. The summed E-state index contributed by atoms with van der Waals surface area (Å²) in [4.78, 5) is 23.7. The average molecular weight is 322 g/mol. The van der Waals surface area contributed by atoms with Gasteiger partial charge in [0.2, 0.25) is 5.91 Å². The maximum absolute atomic E-state index is 12.0. The molecule has 1 aliphatic heterocycles. The largest absolute Gasteiger partial charge is 0.349 e. The molecule has 1 aromatic rings. The molecule has 3 N–H and O–H groups in total. The van der Waals surface area contributed by atoms with Gasteiger partial charge in [0.15, 0.2) is 0 Å².